The Balaban J connectivity index is 1.73. The minimum absolute atomic E-state index is 0.0396. The molecule has 0 aliphatic carbocycles. The Morgan fingerprint density at radius 1 is 1.38 bits per heavy atom. The van der Waals surface area contributed by atoms with Crippen molar-refractivity contribution in [2.45, 2.75) is 46.1 Å². The van der Waals surface area contributed by atoms with Gasteiger partial charge in [-0.2, -0.15) is 0 Å². The van der Waals surface area contributed by atoms with Crippen molar-refractivity contribution in [1.82, 2.24) is 15.0 Å². The highest BCUT2D eigenvalue weighted by Crippen LogP contribution is 2.25. The number of rotatable bonds is 7. The molecule has 0 spiro atoms. The van der Waals surface area contributed by atoms with Crippen LogP contribution in [0.1, 0.15) is 57.2 Å². The van der Waals surface area contributed by atoms with E-state index in [-0.39, 0.29) is 12.0 Å². The fourth-order valence-electron chi connectivity index (χ4n) is 2.90. The van der Waals surface area contributed by atoms with E-state index in [2.05, 4.69) is 17.1 Å². The number of carbonyl (C=O) groups is 1. The summed E-state index contributed by atoms with van der Waals surface area (Å²) in [6.07, 6.45) is 7.20. The summed E-state index contributed by atoms with van der Waals surface area (Å²) >= 11 is 1.42. The van der Waals surface area contributed by atoms with E-state index < -0.39 is 0 Å². The maximum Gasteiger partial charge on any atom is 0.266 e. The zero-order chi connectivity index (χ0) is 18.7. The van der Waals surface area contributed by atoms with Gasteiger partial charge < -0.3 is 14.2 Å². The highest BCUT2D eigenvalue weighted by Gasteiger charge is 2.32. The monoisotopic (exact) mass is 375 g/mol. The van der Waals surface area contributed by atoms with Gasteiger partial charge in [-0.1, -0.05) is 18.5 Å². The second-order valence-corrected chi connectivity index (χ2v) is 7.60. The smallest absolute Gasteiger partial charge is 0.266 e. The molecular weight excluding hydrogens is 350 g/mol. The van der Waals surface area contributed by atoms with Crippen LogP contribution in [-0.2, 0) is 11.2 Å². The van der Waals surface area contributed by atoms with E-state index in [0.717, 1.165) is 47.0 Å². The summed E-state index contributed by atoms with van der Waals surface area (Å²) in [5.74, 6) is 0.848. The Morgan fingerprint density at radius 3 is 2.85 bits per heavy atom. The number of hydrogen-bond acceptors (Lipinski definition) is 6. The van der Waals surface area contributed by atoms with Gasteiger partial charge in [-0.05, 0) is 38.8 Å². The van der Waals surface area contributed by atoms with Crippen molar-refractivity contribution in [2.75, 3.05) is 20.2 Å². The lowest BCUT2D eigenvalue weighted by Gasteiger charge is -2.37. The average Bonchev–Trinajstić information content (AvgIpc) is 3.12. The zero-order valence-electron chi connectivity index (χ0n) is 15.7. The van der Waals surface area contributed by atoms with E-state index in [4.69, 9.17) is 9.26 Å². The van der Waals surface area contributed by atoms with Gasteiger partial charge in [-0.3, -0.25) is 4.79 Å². The van der Waals surface area contributed by atoms with Crippen LogP contribution in [0.4, 0.5) is 0 Å². The number of nitrogens with zero attached hydrogens (tertiary/aromatic N) is 3. The third-order valence-corrected chi connectivity index (χ3v) is 5.73. The molecule has 1 saturated heterocycles. The van der Waals surface area contributed by atoms with E-state index in [1.54, 1.807) is 12.0 Å². The Bertz CT molecular complexity index is 803. The lowest BCUT2D eigenvalue weighted by atomic mass is 10.1. The predicted octanol–water partition coefficient (Wildman–Crippen LogP) is 3.73. The fraction of sp³-hybridized carbons (Fsp3) is 0.526. The second-order valence-electron chi connectivity index (χ2n) is 6.57. The number of unbranched alkanes of at least 4 members (excludes halogenated alkanes) is 1. The van der Waals surface area contributed by atoms with Crippen molar-refractivity contribution < 1.29 is 14.1 Å². The van der Waals surface area contributed by atoms with Gasteiger partial charge in [-0.25, -0.2) is 4.98 Å². The molecule has 0 atom stereocenters. The molecule has 140 valence electrons. The van der Waals surface area contributed by atoms with Crippen LogP contribution in [0.25, 0.3) is 12.2 Å². The molecule has 2 aromatic rings. The number of amides is 1. The molecule has 0 bridgehead atoms. The third-order valence-electron chi connectivity index (χ3n) is 4.62. The molecule has 0 N–H and O–H groups in total. The standard InChI is InChI=1S/C19H25N3O3S/c1-5-6-7-16-15(13(3)25-21-16)8-9-17-20-12(2)18(26-17)19(23)22-10-14(11-22)24-4/h8-9,14H,5-7,10-11H2,1-4H3. The molecule has 1 amide bonds. The number of methoxy groups -OCH3 is 1. The number of thiazole rings is 1. The molecule has 1 aliphatic heterocycles. The predicted molar refractivity (Wildman–Crippen MR) is 102 cm³/mol. The minimum Gasteiger partial charge on any atom is -0.378 e. The summed E-state index contributed by atoms with van der Waals surface area (Å²) in [4.78, 5) is 19.6. The van der Waals surface area contributed by atoms with E-state index in [1.165, 1.54) is 11.3 Å². The summed E-state index contributed by atoms with van der Waals surface area (Å²) in [6.45, 7) is 7.26. The van der Waals surface area contributed by atoms with E-state index in [1.807, 2.05) is 26.0 Å². The summed E-state index contributed by atoms with van der Waals surface area (Å²) in [5, 5.41) is 4.97. The van der Waals surface area contributed by atoms with E-state index in [0.29, 0.717) is 18.0 Å². The maximum absolute atomic E-state index is 12.6. The molecule has 0 radical (unpaired) electrons. The maximum atomic E-state index is 12.6. The molecule has 0 saturated carbocycles. The van der Waals surface area contributed by atoms with Gasteiger partial charge >= 0.3 is 0 Å². The number of aryl methyl sites for hydroxylation is 3. The van der Waals surface area contributed by atoms with Crippen LogP contribution in [0.5, 0.6) is 0 Å². The van der Waals surface area contributed by atoms with Crippen molar-refractivity contribution >= 4 is 29.4 Å². The van der Waals surface area contributed by atoms with E-state index >= 15 is 0 Å². The first kappa shape index (κ1) is 18.8. The SMILES string of the molecule is CCCCc1noc(C)c1C=Cc1nc(C)c(C(=O)N2CC(OC)C2)s1. The first-order valence-electron chi connectivity index (χ1n) is 8.96. The van der Waals surface area contributed by atoms with Gasteiger partial charge in [0.05, 0.1) is 17.5 Å². The molecule has 1 fully saturated rings. The molecule has 7 heteroatoms. The first-order valence-corrected chi connectivity index (χ1v) is 9.77. The molecule has 6 nitrogen and oxygen atoms in total. The van der Waals surface area contributed by atoms with Gasteiger partial charge in [0.1, 0.15) is 15.6 Å². The lowest BCUT2D eigenvalue weighted by Crippen LogP contribution is -2.54. The summed E-state index contributed by atoms with van der Waals surface area (Å²) in [6, 6.07) is 0. The molecule has 3 heterocycles. The van der Waals surface area contributed by atoms with Gasteiger partial charge in [0.25, 0.3) is 5.91 Å². The summed E-state index contributed by atoms with van der Waals surface area (Å²) in [7, 11) is 1.68. The second kappa shape index (κ2) is 8.14. The average molecular weight is 375 g/mol. The van der Waals surface area contributed by atoms with Gasteiger partial charge in [-0.15, -0.1) is 11.3 Å². The number of aromatic nitrogens is 2. The molecule has 1 aliphatic rings. The zero-order valence-corrected chi connectivity index (χ0v) is 16.6. The lowest BCUT2D eigenvalue weighted by molar-refractivity contribution is -0.0190. The van der Waals surface area contributed by atoms with Crippen molar-refractivity contribution in [2.24, 2.45) is 0 Å². The van der Waals surface area contributed by atoms with Gasteiger partial charge in [0.15, 0.2) is 0 Å². The summed E-state index contributed by atoms with van der Waals surface area (Å²) < 4.78 is 10.6. The number of likely N-dealkylation sites (tertiary alicyclic amines) is 1. The first-order chi connectivity index (χ1) is 12.5. The van der Waals surface area contributed by atoms with Crippen LogP contribution in [0, 0.1) is 13.8 Å². The van der Waals surface area contributed by atoms with E-state index in [9.17, 15) is 4.79 Å². The quantitative estimate of drug-likeness (QED) is 0.737. The van der Waals surface area contributed by atoms with Crippen LogP contribution < -0.4 is 0 Å². The molecule has 2 aromatic heterocycles. The van der Waals surface area contributed by atoms with Crippen LogP contribution >= 0.6 is 11.3 Å². The minimum atomic E-state index is 0.0396. The fourth-order valence-corrected chi connectivity index (χ4v) is 3.84. The Morgan fingerprint density at radius 2 is 2.15 bits per heavy atom. The van der Waals surface area contributed by atoms with Crippen molar-refractivity contribution in [3.8, 4) is 0 Å². The van der Waals surface area contributed by atoms with Crippen LogP contribution in [0.2, 0.25) is 0 Å². The highest BCUT2D eigenvalue weighted by molar-refractivity contribution is 7.14. The molecule has 26 heavy (non-hydrogen) atoms. The number of ether oxygens (including phenoxy) is 1. The van der Waals surface area contributed by atoms with Crippen molar-refractivity contribution in [3.63, 3.8) is 0 Å². The Labute approximate surface area is 157 Å². The van der Waals surface area contributed by atoms with Crippen molar-refractivity contribution in [1.29, 1.82) is 0 Å². The highest BCUT2D eigenvalue weighted by atomic mass is 32.1. The molecule has 0 unspecified atom stereocenters. The number of hydrogen-bond donors (Lipinski definition) is 0. The Kier molecular flexibility index (Phi) is 5.88. The normalized spacial score (nSPS) is 15.0. The summed E-state index contributed by atoms with van der Waals surface area (Å²) in [5.41, 5.74) is 2.77. The van der Waals surface area contributed by atoms with Crippen LogP contribution in [-0.4, -0.2) is 47.3 Å². The van der Waals surface area contributed by atoms with Gasteiger partial charge in [0.2, 0.25) is 0 Å². The molecular formula is C19H25N3O3S. The number of carbonyl (C=O) groups excluding carboxylic acids is 1. The largest absolute Gasteiger partial charge is 0.378 e. The molecule has 3 rings (SSSR count). The Hall–Kier alpha value is -1.99. The van der Waals surface area contributed by atoms with Crippen LogP contribution in [0.15, 0.2) is 4.52 Å². The molecule has 0 aromatic carbocycles. The van der Waals surface area contributed by atoms with Crippen molar-refractivity contribution in [3.05, 3.63) is 32.6 Å². The topological polar surface area (TPSA) is 68.5 Å². The van der Waals surface area contributed by atoms with Gasteiger partial charge in [0, 0.05) is 25.8 Å². The third kappa shape index (κ3) is 3.88. The van der Waals surface area contributed by atoms with Crippen LogP contribution in [0.3, 0.4) is 0 Å².